The molecule has 3 heteroatoms. The molecule has 0 spiro atoms. The molecule has 1 atom stereocenters. The average Bonchev–Trinajstić information content (AvgIpc) is 2.39. The molecule has 1 aromatic carbocycles. The Morgan fingerprint density at radius 3 is 2.42 bits per heavy atom. The molecule has 1 N–H and O–H groups in total. The Morgan fingerprint density at radius 2 is 1.84 bits per heavy atom. The van der Waals surface area contributed by atoms with Crippen molar-refractivity contribution in [2.75, 3.05) is 19.8 Å². The lowest BCUT2D eigenvalue weighted by atomic mass is 10.0. The van der Waals surface area contributed by atoms with E-state index in [1.54, 1.807) is 0 Å². The lowest BCUT2D eigenvalue weighted by Crippen LogP contribution is -2.25. The minimum atomic E-state index is -0.185. The van der Waals surface area contributed by atoms with Crippen LogP contribution in [0.4, 0.5) is 4.39 Å². The first-order chi connectivity index (χ1) is 9.13. The van der Waals surface area contributed by atoms with Gasteiger partial charge in [-0.15, -0.1) is 0 Å². The Balaban J connectivity index is 2.24. The molecule has 0 heterocycles. The monoisotopic (exact) mass is 267 g/mol. The number of halogens is 1. The number of hydrogen-bond acceptors (Lipinski definition) is 2. The molecule has 19 heavy (non-hydrogen) atoms. The van der Waals surface area contributed by atoms with Crippen LogP contribution in [0, 0.1) is 11.7 Å². The van der Waals surface area contributed by atoms with E-state index in [9.17, 15) is 4.39 Å². The Labute approximate surface area is 116 Å². The SMILES string of the molecule is CCC(NCCOCCC(C)C)c1ccc(F)cc1. The van der Waals surface area contributed by atoms with Crippen LogP contribution < -0.4 is 5.32 Å². The van der Waals surface area contributed by atoms with Crippen molar-refractivity contribution in [3.8, 4) is 0 Å². The van der Waals surface area contributed by atoms with E-state index >= 15 is 0 Å². The first kappa shape index (κ1) is 16.1. The van der Waals surface area contributed by atoms with Crippen LogP contribution in [0.1, 0.15) is 45.2 Å². The molecule has 0 fully saturated rings. The summed E-state index contributed by atoms with van der Waals surface area (Å²) < 4.78 is 18.4. The number of rotatable bonds is 9. The molecule has 0 bridgehead atoms. The van der Waals surface area contributed by atoms with Gasteiger partial charge < -0.3 is 10.1 Å². The molecule has 0 aromatic heterocycles. The highest BCUT2D eigenvalue weighted by Gasteiger charge is 2.08. The van der Waals surface area contributed by atoms with Crippen molar-refractivity contribution in [2.45, 2.75) is 39.7 Å². The molecule has 2 nitrogen and oxygen atoms in total. The fourth-order valence-corrected chi connectivity index (χ4v) is 1.92. The summed E-state index contributed by atoms with van der Waals surface area (Å²) in [5.74, 6) is 0.506. The van der Waals surface area contributed by atoms with Gasteiger partial charge >= 0.3 is 0 Å². The van der Waals surface area contributed by atoms with Crippen molar-refractivity contribution in [1.82, 2.24) is 5.32 Å². The van der Waals surface area contributed by atoms with Gasteiger partial charge in [0.15, 0.2) is 0 Å². The maximum absolute atomic E-state index is 12.9. The standard InChI is InChI=1S/C16H26FNO/c1-4-16(14-5-7-15(17)8-6-14)18-10-12-19-11-9-13(2)3/h5-8,13,16,18H,4,9-12H2,1-3H3. The molecule has 0 aliphatic heterocycles. The second kappa shape index (κ2) is 9.05. The smallest absolute Gasteiger partial charge is 0.123 e. The molecule has 0 amide bonds. The Hall–Kier alpha value is -0.930. The zero-order chi connectivity index (χ0) is 14.1. The van der Waals surface area contributed by atoms with Gasteiger partial charge in [-0.1, -0.05) is 32.9 Å². The van der Waals surface area contributed by atoms with Gasteiger partial charge in [0.05, 0.1) is 6.61 Å². The van der Waals surface area contributed by atoms with E-state index in [1.165, 1.54) is 12.1 Å². The fraction of sp³-hybridized carbons (Fsp3) is 0.625. The summed E-state index contributed by atoms with van der Waals surface area (Å²) >= 11 is 0. The second-order valence-electron chi connectivity index (χ2n) is 5.26. The van der Waals surface area contributed by atoms with Crippen LogP contribution in [-0.2, 0) is 4.74 Å². The fourth-order valence-electron chi connectivity index (χ4n) is 1.92. The van der Waals surface area contributed by atoms with E-state index in [2.05, 4.69) is 26.1 Å². The van der Waals surface area contributed by atoms with Crippen LogP contribution in [0.5, 0.6) is 0 Å². The summed E-state index contributed by atoms with van der Waals surface area (Å²) in [6.07, 6.45) is 2.09. The van der Waals surface area contributed by atoms with Crippen molar-refractivity contribution < 1.29 is 9.13 Å². The maximum Gasteiger partial charge on any atom is 0.123 e. The van der Waals surface area contributed by atoms with Crippen molar-refractivity contribution in [2.24, 2.45) is 5.92 Å². The van der Waals surface area contributed by atoms with Crippen LogP contribution >= 0.6 is 0 Å². The van der Waals surface area contributed by atoms with Crippen molar-refractivity contribution >= 4 is 0 Å². The van der Waals surface area contributed by atoms with Gasteiger partial charge in [0.2, 0.25) is 0 Å². The van der Waals surface area contributed by atoms with E-state index in [1.807, 2.05) is 12.1 Å². The summed E-state index contributed by atoms with van der Waals surface area (Å²) in [5.41, 5.74) is 1.13. The largest absolute Gasteiger partial charge is 0.380 e. The van der Waals surface area contributed by atoms with Crippen LogP contribution in [-0.4, -0.2) is 19.8 Å². The van der Waals surface area contributed by atoms with Crippen molar-refractivity contribution in [3.63, 3.8) is 0 Å². The van der Waals surface area contributed by atoms with E-state index < -0.39 is 0 Å². The molecule has 0 saturated heterocycles. The third kappa shape index (κ3) is 6.69. The molecule has 0 radical (unpaired) electrons. The van der Waals surface area contributed by atoms with Gasteiger partial charge in [-0.3, -0.25) is 0 Å². The molecule has 1 rings (SSSR count). The minimum absolute atomic E-state index is 0.185. The first-order valence-corrected chi connectivity index (χ1v) is 7.20. The Bertz CT molecular complexity index is 337. The molecule has 0 saturated carbocycles. The van der Waals surface area contributed by atoms with Crippen molar-refractivity contribution in [3.05, 3.63) is 35.6 Å². The molecular formula is C16H26FNO. The Morgan fingerprint density at radius 1 is 1.16 bits per heavy atom. The third-order valence-electron chi connectivity index (χ3n) is 3.16. The van der Waals surface area contributed by atoms with E-state index in [4.69, 9.17) is 4.74 Å². The molecule has 1 aromatic rings. The summed E-state index contributed by atoms with van der Waals surface area (Å²) in [7, 11) is 0. The molecular weight excluding hydrogens is 241 g/mol. The topological polar surface area (TPSA) is 21.3 Å². The second-order valence-corrected chi connectivity index (χ2v) is 5.26. The van der Waals surface area contributed by atoms with Gasteiger partial charge in [0.25, 0.3) is 0 Å². The van der Waals surface area contributed by atoms with Gasteiger partial charge in [-0.2, -0.15) is 0 Å². The summed E-state index contributed by atoms with van der Waals surface area (Å²) in [5, 5.41) is 3.45. The molecule has 108 valence electrons. The molecule has 1 unspecified atom stereocenters. The summed E-state index contributed by atoms with van der Waals surface area (Å²) in [6, 6.07) is 6.98. The number of ether oxygens (including phenoxy) is 1. The summed E-state index contributed by atoms with van der Waals surface area (Å²) in [6.45, 7) is 8.90. The van der Waals surface area contributed by atoms with Crippen molar-refractivity contribution in [1.29, 1.82) is 0 Å². The zero-order valence-electron chi connectivity index (χ0n) is 12.3. The molecule has 0 aliphatic carbocycles. The normalized spacial score (nSPS) is 12.9. The summed E-state index contributed by atoms with van der Waals surface area (Å²) in [4.78, 5) is 0. The van der Waals surface area contributed by atoms with Crippen LogP contribution in [0.25, 0.3) is 0 Å². The number of benzene rings is 1. The lowest BCUT2D eigenvalue weighted by Gasteiger charge is -2.17. The van der Waals surface area contributed by atoms with Crippen LogP contribution in [0.3, 0.4) is 0 Å². The van der Waals surface area contributed by atoms with Gasteiger partial charge in [0, 0.05) is 19.2 Å². The van der Waals surface area contributed by atoms with Gasteiger partial charge in [-0.25, -0.2) is 4.39 Å². The zero-order valence-corrected chi connectivity index (χ0v) is 12.3. The third-order valence-corrected chi connectivity index (χ3v) is 3.16. The van der Waals surface area contributed by atoms with E-state index in [0.29, 0.717) is 5.92 Å². The van der Waals surface area contributed by atoms with Gasteiger partial charge in [0.1, 0.15) is 5.82 Å². The average molecular weight is 267 g/mol. The lowest BCUT2D eigenvalue weighted by molar-refractivity contribution is 0.123. The highest BCUT2D eigenvalue weighted by Crippen LogP contribution is 2.16. The highest BCUT2D eigenvalue weighted by atomic mass is 19.1. The van der Waals surface area contributed by atoms with Crippen LogP contribution in [0.15, 0.2) is 24.3 Å². The maximum atomic E-state index is 12.9. The predicted molar refractivity (Wildman–Crippen MR) is 77.7 cm³/mol. The quantitative estimate of drug-likeness (QED) is 0.684. The van der Waals surface area contributed by atoms with E-state index in [0.717, 1.165) is 38.2 Å². The van der Waals surface area contributed by atoms with Gasteiger partial charge in [-0.05, 0) is 36.5 Å². The Kier molecular flexibility index (Phi) is 7.68. The number of hydrogen-bond donors (Lipinski definition) is 1. The van der Waals surface area contributed by atoms with E-state index in [-0.39, 0.29) is 11.9 Å². The predicted octanol–water partition coefficient (Wildman–Crippen LogP) is 3.93. The van der Waals surface area contributed by atoms with Crippen LogP contribution in [0.2, 0.25) is 0 Å². The minimum Gasteiger partial charge on any atom is -0.380 e. The highest BCUT2D eigenvalue weighted by molar-refractivity contribution is 5.19. The first-order valence-electron chi connectivity index (χ1n) is 7.20. The number of nitrogens with one attached hydrogen (secondary N) is 1. The molecule has 0 aliphatic rings.